The van der Waals surface area contributed by atoms with Crippen molar-refractivity contribution in [3.8, 4) is 5.75 Å². The molecule has 0 radical (unpaired) electrons. The Morgan fingerprint density at radius 2 is 1.52 bits per heavy atom. The number of methoxy groups -OCH3 is 1. The van der Waals surface area contributed by atoms with E-state index in [4.69, 9.17) is 4.74 Å². The number of anilines is 1. The van der Waals surface area contributed by atoms with Gasteiger partial charge in [-0.25, -0.2) is 8.42 Å². The fourth-order valence-electron chi connectivity index (χ4n) is 4.26. The number of hydrogen-bond donors (Lipinski definition) is 1. The summed E-state index contributed by atoms with van der Waals surface area (Å²) in [6, 6.07) is 21.4. The van der Waals surface area contributed by atoms with Crippen LogP contribution in [-0.2, 0) is 26.2 Å². The van der Waals surface area contributed by atoms with Crippen LogP contribution in [0, 0.1) is 6.92 Å². The number of rotatable bonds is 11. The second-order valence-corrected chi connectivity index (χ2v) is 12.6. The summed E-state index contributed by atoms with van der Waals surface area (Å²) < 4.78 is 34.0. The van der Waals surface area contributed by atoms with Crippen LogP contribution in [0.2, 0.25) is 0 Å². The van der Waals surface area contributed by atoms with Gasteiger partial charge in [-0.3, -0.25) is 13.9 Å². The maximum absolute atomic E-state index is 14.1. The lowest BCUT2D eigenvalue weighted by atomic mass is 10.1. The standard InChI is InChI=1S/C31H39N3O5S/c1-7-28(30(36)32-31(3,4)5)33(21-24-15-13-23(2)14-16-24)29(35)22-34(25-11-9-8-10-12-25)40(37,38)27-19-17-26(39-6)18-20-27/h8-20,28H,7,21-22H2,1-6H3,(H,32,36)/t28-/m0/s1. The number of hydrogen-bond acceptors (Lipinski definition) is 5. The zero-order chi connectivity index (χ0) is 29.5. The van der Waals surface area contributed by atoms with Crippen LogP contribution in [0.1, 0.15) is 45.2 Å². The normalized spacial score (nSPS) is 12.3. The Hall–Kier alpha value is -3.85. The van der Waals surface area contributed by atoms with E-state index in [0.29, 0.717) is 17.9 Å². The second-order valence-electron chi connectivity index (χ2n) is 10.7. The molecule has 3 aromatic carbocycles. The molecule has 0 spiro atoms. The third kappa shape index (κ3) is 7.85. The summed E-state index contributed by atoms with van der Waals surface area (Å²) in [5.41, 5.74) is 1.75. The molecule has 0 heterocycles. The maximum atomic E-state index is 14.1. The molecule has 1 atom stereocenters. The molecule has 0 unspecified atom stereocenters. The molecule has 0 aliphatic carbocycles. The van der Waals surface area contributed by atoms with Gasteiger partial charge in [-0.05, 0) is 76.1 Å². The summed E-state index contributed by atoms with van der Waals surface area (Å²) in [5, 5.41) is 2.98. The summed E-state index contributed by atoms with van der Waals surface area (Å²) >= 11 is 0. The number of para-hydroxylation sites is 1. The molecular formula is C31H39N3O5S. The van der Waals surface area contributed by atoms with Gasteiger partial charge in [0.15, 0.2) is 0 Å². The molecule has 0 aromatic heterocycles. The quantitative estimate of drug-likeness (QED) is 0.356. The molecule has 0 aliphatic rings. The van der Waals surface area contributed by atoms with Crippen molar-refractivity contribution in [2.45, 2.75) is 64.1 Å². The minimum Gasteiger partial charge on any atom is -0.497 e. The van der Waals surface area contributed by atoms with Crippen molar-refractivity contribution < 1.29 is 22.7 Å². The Morgan fingerprint density at radius 3 is 2.05 bits per heavy atom. The Kier molecular flexibility index (Phi) is 9.98. The Balaban J connectivity index is 2.04. The number of nitrogens with zero attached hydrogens (tertiary/aromatic N) is 2. The number of aryl methyl sites for hydroxylation is 1. The van der Waals surface area contributed by atoms with E-state index in [0.717, 1.165) is 15.4 Å². The molecule has 1 N–H and O–H groups in total. The average Bonchev–Trinajstić information content (AvgIpc) is 2.92. The van der Waals surface area contributed by atoms with E-state index in [1.165, 1.54) is 24.1 Å². The van der Waals surface area contributed by atoms with Crippen molar-refractivity contribution in [3.05, 3.63) is 90.0 Å². The predicted molar refractivity (Wildman–Crippen MR) is 158 cm³/mol. The number of benzene rings is 3. The number of ether oxygens (including phenoxy) is 1. The third-order valence-electron chi connectivity index (χ3n) is 6.33. The summed E-state index contributed by atoms with van der Waals surface area (Å²) in [6.45, 7) is 9.11. The summed E-state index contributed by atoms with van der Waals surface area (Å²) in [7, 11) is -2.64. The van der Waals surface area contributed by atoms with Gasteiger partial charge in [-0.15, -0.1) is 0 Å². The zero-order valence-corrected chi connectivity index (χ0v) is 24.9. The van der Waals surface area contributed by atoms with E-state index in [2.05, 4.69) is 5.32 Å². The van der Waals surface area contributed by atoms with Gasteiger partial charge in [-0.1, -0.05) is 55.0 Å². The first-order valence-electron chi connectivity index (χ1n) is 13.2. The topological polar surface area (TPSA) is 96.0 Å². The van der Waals surface area contributed by atoms with Crippen molar-refractivity contribution in [2.75, 3.05) is 18.0 Å². The molecule has 0 saturated carbocycles. The SMILES string of the molecule is CC[C@@H](C(=O)NC(C)(C)C)N(Cc1ccc(C)cc1)C(=O)CN(c1ccccc1)S(=O)(=O)c1ccc(OC)cc1. The molecule has 0 aliphatic heterocycles. The van der Waals surface area contributed by atoms with Crippen molar-refractivity contribution in [2.24, 2.45) is 0 Å². The largest absolute Gasteiger partial charge is 0.497 e. The van der Waals surface area contributed by atoms with Crippen LogP contribution < -0.4 is 14.4 Å². The maximum Gasteiger partial charge on any atom is 0.264 e. The van der Waals surface area contributed by atoms with Gasteiger partial charge < -0.3 is 15.0 Å². The van der Waals surface area contributed by atoms with E-state index < -0.39 is 34.1 Å². The lowest BCUT2D eigenvalue weighted by Crippen LogP contribution is -2.55. The van der Waals surface area contributed by atoms with Crippen LogP contribution in [0.15, 0.2) is 83.8 Å². The number of amides is 2. The Bertz CT molecular complexity index is 1380. The van der Waals surface area contributed by atoms with Crippen molar-refractivity contribution in [1.82, 2.24) is 10.2 Å². The first-order chi connectivity index (χ1) is 18.9. The highest BCUT2D eigenvalue weighted by molar-refractivity contribution is 7.92. The van der Waals surface area contributed by atoms with Gasteiger partial charge in [0, 0.05) is 12.1 Å². The molecule has 40 heavy (non-hydrogen) atoms. The fourth-order valence-corrected chi connectivity index (χ4v) is 5.67. The van der Waals surface area contributed by atoms with E-state index in [9.17, 15) is 18.0 Å². The van der Waals surface area contributed by atoms with Crippen LogP contribution in [0.4, 0.5) is 5.69 Å². The lowest BCUT2D eigenvalue weighted by molar-refractivity contribution is -0.141. The van der Waals surface area contributed by atoms with Gasteiger partial charge in [0.1, 0.15) is 18.3 Å². The first-order valence-corrected chi connectivity index (χ1v) is 14.7. The van der Waals surface area contributed by atoms with Crippen LogP contribution >= 0.6 is 0 Å². The number of carbonyl (C=O) groups is 2. The van der Waals surface area contributed by atoms with E-state index >= 15 is 0 Å². The van der Waals surface area contributed by atoms with Gasteiger partial charge in [-0.2, -0.15) is 0 Å². The second kappa shape index (κ2) is 13.0. The highest BCUT2D eigenvalue weighted by Crippen LogP contribution is 2.26. The van der Waals surface area contributed by atoms with Crippen molar-refractivity contribution >= 4 is 27.5 Å². The van der Waals surface area contributed by atoms with Gasteiger partial charge in [0.25, 0.3) is 10.0 Å². The van der Waals surface area contributed by atoms with Crippen LogP contribution in [0.25, 0.3) is 0 Å². The van der Waals surface area contributed by atoms with E-state index in [1.807, 2.05) is 58.9 Å². The molecule has 214 valence electrons. The molecule has 2 amide bonds. The number of sulfonamides is 1. The van der Waals surface area contributed by atoms with Crippen LogP contribution in [0.5, 0.6) is 5.75 Å². The minimum atomic E-state index is -4.14. The third-order valence-corrected chi connectivity index (χ3v) is 8.12. The predicted octanol–water partition coefficient (Wildman–Crippen LogP) is 4.92. The van der Waals surface area contributed by atoms with E-state index in [-0.39, 0.29) is 17.3 Å². The molecule has 0 fully saturated rings. The van der Waals surface area contributed by atoms with E-state index in [1.54, 1.807) is 42.5 Å². The highest BCUT2D eigenvalue weighted by Gasteiger charge is 2.34. The molecule has 3 aromatic rings. The lowest BCUT2D eigenvalue weighted by Gasteiger charge is -2.34. The van der Waals surface area contributed by atoms with Gasteiger partial charge in [0.2, 0.25) is 11.8 Å². The van der Waals surface area contributed by atoms with Crippen LogP contribution in [0.3, 0.4) is 0 Å². The summed E-state index contributed by atoms with van der Waals surface area (Å²) in [6.07, 6.45) is 0.357. The van der Waals surface area contributed by atoms with Gasteiger partial charge >= 0.3 is 0 Å². The fraction of sp³-hybridized carbons (Fsp3) is 0.355. The zero-order valence-electron chi connectivity index (χ0n) is 24.0. The highest BCUT2D eigenvalue weighted by atomic mass is 32.2. The minimum absolute atomic E-state index is 0.0209. The molecular weight excluding hydrogens is 526 g/mol. The smallest absolute Gasteiger partial charge is 0.264 e. The molecule has 0 saturated heterocycles. The molecule has 8 nitrogen and oxygen atoms in total. The molecule has 3 rings (SSSR count). The summed E-state index contributed by atoms with van der Waals surface area (Å²) in [4.78, 5) is 28.9. The van der Waals surface area contributed by atoms with Gasteiger partial charge in [0.05, 0.1) is 17.7 Å². The average molecular weight is 566 g/mol. The molecule has 0 bridgehead atoms. The Labute approximate surface area is 238 Å². The number of nitrogens with one attached hydrogen (secondary N) is 1. The van der Waals surface area contributed by atoms with Crippen molar-refractivity contribution in [1.29, 1.82) is 0 Å². The van der Waals surface area contributed by atoms with Crippen LogP contribution in [-0.4, -0.2) is 50.4 Å². The first kappa shape index (κ1) is 30.7. The number of carbonyl (C=O) groups excluding carboxylic acids is 2. The summed E-state index contributed by atoms with van der Waals surface area (Å²) in [5.74, 6) is -0.265. The monoisotopic (exact) mass is 565 g/mol. The Morgan fingerprint density at radius 1 is 0.925 bits per heavy atom. The molecule has 9 heteroatoms. The van der Waals surface area contributed by atoms with Crippen molar-refractivity contribution in [3.63, 3.8) is 0 Å².